The van der Waals surface area contributed by atoms with Gasteiger partial charge in [-0.25, -0.2) is 0 Å². The van der Waals surface area contributed by atoms with E-state index in [0.717, 1.165) is 22.3 Å². The molecule has 0 spiro atoms. The Morgan fingerprint density at radius 3 is 2.46 bits per heavy atom. The lowest BCUT2D eigenvalue weighted by atomic mass is 10.0. The van der Waals surface area contributed by atoms with Crippen LogP contribution >= 0.6 is 0 Å². The van der Waals surface area contributed by atoms with E-state index in [9.17, 15) is 9.90 Å². The molecule has 0 aromatic heterocycles. The number of hydrogen-bond donors (Lipinski definition) is 2. The van der Waals surface area contributed by atoms with Crippen molar-refractivity contribution < 1.29 is 9.90 Å². The normalized spacial score (nSPS) is 10.4. The van der Waals surface area contributed by atoms with E-state index in [2.05, 4.69) is 23.5 Å². The highest BCUT2D eigenvalue weighted by Crippen LogP contribution is 2.21. The van der Waals surface area contributed by atoms with E-state index in [4.69, 9.17) is 0 Å². The summed E-state index contributed by atoms with van der Waals surface area (Å²) in [5.74, 6) is -0.280. The van der Waals surface area contributed by atoms with Crippen molar-refractivity contribution in [3.05, 3.63) is 89.5 Å². The average molecular weight is 317 g/mol. The van der Waals surface area contributed by atoms with Crippen molar-refractivity contribution in [3.63, 3.8) is 0 Å². The van der Waals surface area contributed by atoms with Crippen LogP contribution in [0.15, 0.2) is 72.8 Å². The molecule has 0 atom stereocenters. The summed E-state index contributed by atoms with van der Waals surface area (Å²) in [6.45, 7) is 2.30. The molecule has 3 heteroatoms. The third kappa shape index (κ3) is 3.63. The van der Waals surface area contributed by atoms with E-state index in [-0.39, 0.29) is 11.7 Å². The maximum atomic E-state index is 12.3. The zero-order valence-corrected chi connectivity index (χ0v) is 13.5. The van der Waals surface area contributed by atoms with Crippen molar-refractivity contribution in [3.8, 4) is 16.9 Å². The van der Waals surface area contributed by atoms with Crippen molar-refractivity contribution in [1.82, 2.24) is 5.32 Å². The summed E-state index contributed by atoms with van der Waals surface area (Å²) < 4.78 is 0. The second-order valence-corrected chi connectivity index (χ2v) is 5.77. The zero-order valence-electron chi connectivity index (χ0n) is 13.5. The van der Waals surface area contributed by atoms with Gasteiger partial charge in [0, 0.05) is 6.54 Å². The molecule has 120 valence electrons. The van der Waals surface area contributed by atoms with Gasteiger partial charge in [0.15, 0.2) is 0 Å². The van der Waals surface area contributed by atoms with Gasteiger partial charge >= 0.3 is 0 Å². The quantitative estimate of drug-likeness (QED) is 0.754. The van der Waals surface area contributed by atoms with Crippen LogP contribution in [0, 0.1) is 6.92 Å². The number of phenols is 1. The standard InChI is InChI=1S/C21H19NO2/c1-15-10-11-20(23)19(12-15)21(24)22-14-16-6-5-9-18(13-16)17-7-3-2-4-8-17/h2-13,23H,14H2,1H3,(H,22,24). The summed E-state index contributed by atoms with van der Waals surface area (Å²) in [4.78, 5) is 12.3. The van der Waals surface area contributed by atoms with Crippen LogP contribution in [-0.2, 0) is 6.54 Å². The maximum absolute atomic E-state index is 12.3. The van der Waals surface area contributed by atoms with Crippen molar-refractivity contribution in [1.29, 1.82) is 0 Å². The number of benzene rings is 3. The Hall–Kier alpha value is -3.07. The third-order valence-corrected chi connectivity index (χ3v) is 3.88. The fourth-order valence-electron chi connectivity index (χ4n) is 2.60. The predicted octanol–water partition coefficient (Wildman–Crippen LogP) is 4.30. The van der Waals surface area contributed by atoms with Gasteiger partial charge in [0.2, 0.25) is 0 Å². The SMILES string of the molecule is Cc1ccc(O)c(C(=O)NCc2cccc(-c3ccccc3)c2)c1. The van der Waals surface area contributed by atoms with E-state index < -0.39 is 0 Å². The average Bonchev–Trinajstić information content (AvgIpc) is 2.63. The summed E-state index contributed by atoms with van der Waals surface area (Å²) in [6.07, 6.45) is 0. The molecular weight excluding hydrogens is 298 g/mol. The van der Waals surface area contributed by atoms with Crippen LogP contribution in [0.3, 0.4) is 0 Å². The number of hydrogen-bond acceptors (Lipinski definition) is 2. The molecule has 3 nitrogen and oxygen atoms in total. The molecule has 0 aliphatic heterocycles. The number of carbonyl (C=O) groups excluding carboxylic acids is 1. The number of aryl methyl sites for hydroxylation is 1. The molecule has 2 N–H and O–H groups in total. The number of carbonyl (C=O) groups is 1. The zero-order chi connectivity index (χ0) is 16.9. The van der Waals surface area contributed by atoms with Gasteiger partial charge in [-0.15, -0.1) is 0 Å². The first-order chi connectivity index (χ1) is 11.6. The number of nitrogens with one attached hydrogen (secondary N) is 1. The molecule has 0 unspecified atom stereocenters. The fourth-order valence-corrected chi connectivity index (χ4v) is 2.60. The molecule has 0 aliphatic carbocycles. The first-order valence-electron chi connectivity index (χ1n) is 7.85. The van der Waals surface area contributed by atoms with Crippen LogP contribution in [0.25, 0.3) is 11.1 Å². The number of amides is 1. The van der Waals surface area contributed by atoms with Gasteiger partial charge in [0.25, 0.3) is 5.91 Å². The van der Waals surface area contributed by atoms with Gasteiger partial charge in [-0.05, 0) is 41.8 Å². The smallest absolute Gasteiger partial charge is 0.255 e. The molecule has 0 bridgehead atoms. The van der Waals surface area contributed by atoms with Gasteiger partial charge in [-0.3, -0.25) is 4.79 Å². The minimum atomic E-state index is -0.277. The van der Waals surface area contributed by atoms with Gasteiger partial charge in [0.05, 0.1) is 5.56 Å². The molecule has 0 heterocycles. The molecule has 24 heavy (non-hydrogen) atoms. The summed E-state index contributed by atoms with van der Waals surface area (Å²) >= 11 is 0. The predicted molar refractivity (Wildman–Crippen MR) is 95.9 cm³/mol. The van der Waals surface area contributed by atoms with Crippen LogP contribution in [0.4, 0.5) is 0 Å². The Morgan fingerprint density at radius 2 is 1.67 bits per heavy atom. The minimum absolute atomic E-state index is 0.00358. The second kappa shape index (κ2) is 7.01. The summed E-state index contributed by atoms with van der Waals surface area (Å²) in [7, 11) is 0. The van der Waals surface area contributed by atoms with Crippen LogP contribution in [0.1, 0.15) is 21.5 Å². The van der Waals surface area contributed by atoms with Crippen LogP contribution in [0.5, 0.6) is 5.75 Å². The highest BCUT2D eigenvalue weighted by molar-refractivity contribution is 5.96. The lowest BCUT2D eigenvalue weighted by Crippen LogP contribution is -2.23. The number of aromatic hydroxyl groups is 1. The lowest BCUT2D eigenvalue weighted by molar-refractivity contribution is 0.0948. The van der Waals surface area contributed by atoms with E-state index in [0.29, 0.717) is 12.1 Å². The number of rotatable bonds is 4. The fraction of sp³-hybridized carbons (Fsp3) is 0.0952. The highest BCUT2D eigenvalue weighted by Gasteiger charge is 2.11. The monoisotopic (exact) mass is 317 g/mol. The minimum Gasteiger partial charge on any atom is -0.507 e. The van der Waals surface area contributed by atoms with Gasteiger partial charge < -0.3 is 10.4 Å². The molecule has 3 rings (SSSR count). The van der Waals surface area contributed by atoms with Crippen molar-refractivity contribution >= 4 is 5.91 Å². The van der Waals surface area contributed by atoms with E-state index in [1.54, 1.807) is 18.2 Å². The van der Waals surface area contributed by atoms with E-state index >= 15 is 0 Å². The van der Waals surface area contributed by atoms with Gasteiger partial charge in [-0.1, -0.05) is 60.2 Å². The first kappa shape index (κ1) is 15.8. The summed E-state index contributed by atoms with van der Waals surface area (Å²) in [5, 5.41) is 12.7. The Balaban J connectivity index is 1.73. The molecule has 0 saturated carbocycles. The third-order valence-electron chi connectivity index (χ3n) is 3.88. The van der Waals surface area contributed by atoms with Crippen LogP contribution in [-0.4, -0.2) is 11.0 Å². The van der Waals surface area contributed by atoms with E-state index in [1.807, 2.05) is 43.3 Å². The lowest BCUT2D eigenvalue weighted by Gasteiger charge is -2.09. The molecular formula is C21H19NO2. The molecule has 1 amide bonds. The second-order valence-electron chi connectivity index (χ2n) is 5.77. The maximum Gasteiger partial charge on any atom is 0.255 e. The molecule has 0 saturated heterocycles. The Kier molecular flexibility index (Phi) is 4.62. The highest BCUT2D eigenvalue weighted by atomic mass is 16.3. The summed E-state index contributed by atoms with van der Waals surface area (Å²) in [5.41, 5.74) is 4.50. The van der Waals surface area contributed by atoms with Crippen molar-refractivity contribution in [2.45, 2.75) is 13.5 Å². The first-order valence-corrected chi connectivity index (χ1v) is 7.85. The van der Waals surface area contributed by atoms with Crippen LogP contribution in [0.2, 0.25) is 0 Å². The Bertz CT molecular complexity index is 857. The van der Waals surface area contributed by atoms with Crippen molar-refractivity contribution in [2.75, 3.05) is 0 Å². The van der Waals surface area contributed by atoms with E-state index in [1.165, 1.54) is 0 Å². The molecule has 3 aromatic carbocycles. The van der Waals surface area contributed by atoms with Crippen molar-refractivity contribution in [2.24, 2.45) is 0 Å². The number of phenolic OH excluding ortho intramolecular Hbond substituents is 1. The van der Waals surface area contributed by atoms with Crippen LogP contribution < -0.4 is 5.32 Å². The van der Waals surface area contributed by atoms with Gasteiger partial charge in [-0.2, -0.15) is 0 Å². The molecule has 3 aromatic rings. The molecule has 0 radical (unpaired) electrons. The summed E-state index contributed by atoms with van der Waals surface area (Å²) in [6, 6.07) is 23.2. The topological polar surface area (TPSA) is 49.3 Å². The molecule has 0 fully saturated rings. The molecule has 0 aliphatic rings. The van der Waals surface area contributed by atoms with Gasteiger partial charge in [0.1, 0.15) is 5.75 Å². The Morgan fingerprint density at radius 1 is 0.917 bits per heavy atom. The largest absolute Gasteiger partial charge is 0.507 e. The Labute approximate surface area is 141 Å².